The van der Waals surface area contributed by atoms with E-state index in [1.807, 2.05) is 26.2 Å². The maximum Gasteiger partial charge on any atom is 0.285 e. The molecular weight excluding hydrogens is 372 g/mol. The molecule has 4 N–H and O–H groups in total. The van der Waals surface area contributed by atoms with E-state index in [-0.39, 0.29) is 10.7 Å². The number of nitrogens with zero attached hydrogens (tertiary/aromatic N) is 2. The van der Waals surface area contributed by atoms with Crippen LogP contribution in [0.4, 0.5) is 5.69 Å². The van der Waals surface area contributed by atoms with Crippen LogP contribution in [0.3, 0.4) is 0 Å². The summed E-state index contributed by atoms with van der Waals surface area (Å²) < 4.78 is 33.3. The van der Waals surface area contributed by atoms with Crippen LogP contribution in [-0.4, -0.2) is 39.0 Å². The second-order valence-corrected chi connectivity index (χ2v) is 9.04. The molecule has 0 saturated carbocycles. The first kappa shape index (κ1) is 18.8. The molecule has 0 aliphatic carbocycles. The standard InChI is InChI=1S/C17H22N4O3S2/c1-21(2)9-11-3-4-12(24-11)10-25-8-7-13-14(18)5-6-15-16(13)17(19)20-26(15,22)23/h3-6H,7-10,18H2,1-2H3,(H2,19,20). The van der Waals surface area contributed by atoms with Crippen LogP contribution in [0.15, 0.2) is 38.0 Å². The van der Waals surface area contributed by atoms with E-state index < -0.39 is 10.0 Å². The maximum absolute atomic E-state index is 12.0. The van der Waals surface area contributed by atoms with Gasteiger partial charge in [0.25, 0.3) is 10.0 Å². The molecule has 0 spiro atoms. The Balaban J connectivity index is 1.64. The maximum atomic E-state index is 12.0. The fourth-order valence-electron chi connectivity index (χ4n) is 2.88. The summed E-state index contributed by atoms with van der Waals surface area (Å²) in [7, 11) is 0.297. The van der Waals surface area contributed by atoms with E-state index in [1.54, 1.807) is 17.8 Å². The summed E-state index contributed by atoms with van der Waals surface area (Å²) in [6, 6.07) is 7.04. The lowest BCUT2D eigenvalue weighted by atomic mass is 10.0. The molecule has 9 heteroatoms. The summed E-state index contributed by atoms with van der Waals surface area (Å²) in [5.41, 5.74) is 13.6. The average molecular weight is 395 g/mol. The molecule has 0 fully saturated rings. The van der Waals surface area contributed by atoms with E-state index >= 15 is 0 Å². The quantitative estimate of drug-likeness (QED) is 0.543. The van der Waals surface area contributed by atoms with E-state index in [0.29, 0.717) is 17.7 Å². The third-order valence-electron chi connectivity index (χ3n) is 3.99. The predicted molar refractivity (Wildman–Crippen MR) is 105 cm³/mol. The van der Waals surface area contributed by atoms with Crippen LogP contribution in [-0.2, 0) is 28.7 Å². The van der Waals surface area contributed by atoms with Gasteiger partial charge in [-0.05, 0) is 56.1 Å². The van der Waals surface area contributed by atoms with Crippen molar-refractivity contribution < 1.29 is 12.8 Å². The number of hydrogen-bond acceptors (Lipinski definition) is 7. The minimum Gasteiger partial charge on any atom is -0.464 e. The van der Waals surface area contributed by atoms with Crippen molar-refractivity contribution in [2.75, 3.05) is 25.6 Å². The number of benzene rings is 1. The first-order valence-corrected chi connectivity index (χ1v) is 10.7. The van der Waals surface area contributed by atoms with Crippen molar-refractivity contribution in [1.82, 2.24) is 4.90 Å². The van der Waals surface area contributed by atoms with Gasteiger partial charge in [0.15, 0.2) is 0 Å². The number of sulfonamides is 1. The van der Waals surface area contributed by atoms with Gasteiger partial charge >= 0.3 is 0 Å². The zero-order chi connectivity index (χ0) is 18.9. The zero-order valence-corrected chi connectivity index (χ0v) is 16.4. The van der Waals surface area contributed by atoms with E-state index in [1.165, 1.54) is 6.07 Å². The first-order chi connectivity index (χ1) is 12.3. The van der Waals surface area contributed by atoms with Gasteiger partial charge in [0.05, 0.1) is 12.3 Å². The molecule has 0 saturated heterocycles. The number of amidine groups is 1. The number of hydrogen-bond donors (Lipinski definition) is 2. The lowest BCUT2D eigenvalue weighted by Gasteiger charge is -2.11. The Labute approximate surface area is 157 Å². The minimum atomic E-state index is -3.69. The van der Waals surface area contributed by atoms with E-state index in [2.05, 4.69) is 9.30 Å². The minimum absolute atomic E-state index is 0.0201. The topological polar surface area (TPSA) is 115 Å². The van der Waals surface area contributed by atoms with Crippen LogP contribution in [0.25, 0.3) is 0 Å². The highest BCUT2D eigenvalue weighted by atomic mass is 32.2. The number of rotatable bonds is 7. The third-order valence-corrected chi connectivity index (χ3v) is 6.31. The van der Waals surface area contributed by atoms with E-state index in [4.69, 9.17) is 15.9 Å². The molecule has 2 aromatic rings. The SMILES string of the molecule is CN(C)Cc1ccc(CSCCc2c(N)ccc3c2C(N)=NS3(=O)=O)o1. The summed E-state index contributed by atoms with van der Waals surface area (Å²) in [5.74, 6) is 3.38. The predicted octanol–water partition coefficient (Wildman–Crippen LogP) is 1.81. The molecule has 0 radical (unpaired) electrons. The lowest BCUT2D eigenvalue weighted by molar-refractivity contribution is 0.344. The number of furan rings is 1. The Hall–Kier alpha value is -1.97. The van der Waals surface area contributed by atoms with Gasteiger partial charge in [-0.1, -0.05) is 0 Å². The second-order valence-electron chi connectivity index (χ2n) is 6.37. The van der Waals surface area contributed by atoms with Gasteiger partial charge in [-0.2, -0.15) is 20.2 Å². The van der Waals surface area contributed by atoms with Crippen LogP contribution in [0.2, 0.25) is 0 Å². The highest BCUT2D eigenvalue weighted by Gasteiger charge is 2.30. The molecule has 2 heterocycles. The van der Waals surface area contributed by atoms with Crippen LogP contribution in [0, 0.1) is 0 Å². The number of fused-ring (bicyclic) bond motifs is 1. The zero-order valence-electron chi connectivity index (χ0n) is 14.7. The average Bonchev–Trinajstić information content (AvgIpc) is 3.07. The molecule has 7 nitrogen and oxygen atoms in total. The lowest BCUT2D eigenvalue weighted by Crippen LogP contribution is -2.15. The Morgan fingerprint density at radius 1 is 1.15 bits per heavy atom. The van der Waals surface area contributed by atoms with Crippen molar-refractivity contribution in [3.63, 3.8) is 0 Å². The van der Waals surface area contributed by atoms with Crippen molar-refractivity contribution in [3.05, 3.63) is 46.9 Å². The normalized spacial score (nSPS) is 15.3. The fourth-order valence-corrected chi connectivity index (χ4v) is 4.90. The molecular formula is C17H22N4O3S2. The molecule has 0 bridgehead atoms. The molecule has 3 rings (SSSR count). The molecule has 1 aromatic carbocycles. The number of nitrogens with two attached hydrogens (primary N) is 2. The third kappa shape index (κ3) is 3.89. The van der Waals surface area contributed by atoms with Crippen LogP contribution >= 0.6 is 11.8 Å². The van der Waals surface area contributed by atoms with Crippen LogP contribution < -0.4 is 11.5 Å². The van der Waals surface area contributed by atoms with Gasteiger partial charge < -0.3 is 20.8 Å². The van der Waals surface area contributed by atoms with E-state index in [0.717, 1.165) is 35.1 Å². The van der Waals surface area contributed by atoms with Gasteiger partial charge in [-0.25, -0.2) is 0 Å². The van der Waals surface area contributed by atoms with Gasteiger partial charge in [0.2, 0.25) is 0 Å². The summed E-state index contributed by atoms with van der Waals surface area (Å²) in [5, 5.41) is 0. The van der Waals surface area contributed by atoms with Gasteiger partial charge in [-0.15, -0.1) is 4.40 Å². The molecule has 1 aliphatic heterocycles. The molecule has 1 aromatic heterocycles. The molecule has 0 atom stereocenters. The van der Waals surface area contributed by atoms with Crippen molar-refractivity contribution in [2.24, 2.45) is 10.1 Å². The summed E-state index contributed by atoms with van der Waals surface area (Å²) in [6.45, 7) is 0.768. The van der Waals surface area contributed by atoms with Gasteiger partial charge in [-0.3, -0.25) is 0 Å². The molecule has 0 amide bonds. The second kappa shape index (κ2) is 7.34. The van der Waals surface area contributed by atoms with Gasteiger partial charge in [0, 0.05) is 11.3 Å². The fraction of sp³-hybridized carbons (Fsp3) is 0.353. The van der Waals surface area contributed by atoms with Gasteiger partial charge in [0.1, 0.15) is 22.3 Å². The summed E-state index contributed by atoms with van der Waals surface area (Å²) >= 11 is 1.70. The van der Waals surface area contributed by atoms with Crippen molar-refractivity contribution in [3.8, 4) is 0 Å². The highest BCUT2D eigenvalue weighted by molar-refractivity contribution is 7.98. The summed E-state index contributed by atoms with van der Waals surface area (Å²) in [4.78, 5) is 2.19. The Morgan fingerprint density at radius 3 is 2.62 bits per heavy atom. The van der Waals surface area contributed by atoms with Crippen molar-refractivity contribution in [1.29, 1.82) is 0 Å². The smallest absolute Gasteiger partial charge is 0.285 e. The van der Waals surface area contributed by atoms with Crippen LogP contribution in [0.1, 0.15) is 22.6 Å². The Kier molecular flexibility index (Phi) is 5.31. The number of nitrogen functional groups attached to an aromatic ring is 1. The summed E-state index contributed by atoms with van der Waals surface area (Å²) in [6.07, 6.45) is 0.608. The van der Waals surface area contributed by atoms with Crippen molar-refractivity contribution in [2.45, 2.75) is 23.6 Å². The Bertz CT molecular complexity index is 949. The largest absolute Gasteiger partial charge is 0.464 e. The first-order valence-electron chi connectivity index (χ1n) is 8.10. The molecule has 26 heavy (non-hydrogen) atoms. The monoisotopic (exact) mass is 394 g/mol. The van der Waals surface area contributed by atoms with E-state index in [9.17, 15) is 8.42 Å². The number of thioether (sulfide) groups is 1. The van der Waals surface area contributed by atoms with Crippen molar-refractivity contribution >= 4 is 33.3 Å². The molecule has 0 unspecified atom stereocenters. The number of anilines is 1. The highest BCUT2D eigenvalue weighted by Crippen LogP contribution is 2.32. The molecule has 1 aliphatic rings. The molecule has 140 valence electrons. The van der Waals surface area contributed by atoms with Crippen LogP contribution in [0.5, 0.6) is 0 Å². The Morgan fingerprint density at radius 2 is 1.88 bits per heavy atom.